The lowest BCUT2D eigenvalue weighted by atomic mass is 10.1. The molecule has 2 saturated heterocycles. The van der Waals surface area contributed by atoms with Crippen LogP contribution in [0.15, 0.2) is 42.6 Å². The van der Waals surface area contributed by atoms with Crippen molar-refractivity contribution in [3.8, 4) is 11.3 Å². The second-order valence-corrected chi connectivity index (χ2v) is 9.18. The number of piperazine rings is 1. The molecule has 1 aromatic carbocycles. The molecule has 7 nitrogen and oxygen atoms in total. The summed E-state index contributed by atoms with van der Waals surface area (Å²) in [5, 5.41) is 21.2. The van der Waals surface area contributed by atoms with Crippen molar-refractivity contribution in [2.24, 2.45) is 0 Å². The standard InChI is InChI=1S/C24H30ClN5O2/c1-17-23(26-22-4-2-3-9-30(17)22)20-16-18(5-6-21(20)25)27-12-14-29(15-13-27)24(32)28-10-7-19(31)8-11-28/h2-6,9,16,19,24,31-32H,7-8,10-15H2,1H3. The first-order chi connectivity index (χ1) is 15.5. The summed E-state index contributed by atoms with van der Waals surface area (Å²) >= 11 is 6.60. The molecule has 0 spiro atoms. The van der Waals surface area contributed by atoms with Gasteiger partial charge in [0.25, 0.3) is 0 Å². The number of aliphatic hydroxyl groups is 2. The van der Waals surface area contributed by atoms with E-state index in [1.54, 1.807) is 0 Å². The molecule has 170 valence electrons. The first kappa shape index (κ1) is 21.7. The molecule has 5 rings (SSSR count). The van der Waals surface area contributed by atoms with Crippen LogP contribution < -0.4 is 4.90 Å². The Labute approximate surface area is 193 Å². The monoisotopic (exact) mass is 455 g/mol. The van der Waals surface area contributed by atoms with E-state index in [-0.39, 0.29) is 6.10 Å². The van der Waals surface area contributed by atoms with Crippen LogP contribution in [0, 0.1) is 6.92 Å². The number of benzene rings is 1. The number of aliphatic hydroxyl groups excluding tert-OH is 2. The molecule has 1 unspecified atom stereocenters. The number of likely N-dealkylation sites (tertiary alicyclic amines) is 1. The SMILES string of the molecule is Cc1c(-c2cc(N3CCN(C(O)N4CCC(O)CC4)CC3)ccc2Cl)nc2ccccn12. The van der Waals surface area contributed by atoms with E-state index in [0.29, 0.717) is 5.02 Å². The summed E-state index contributed by atoms with van der Waals surface area (Å²) in [6.07, 6.45) is 2.67. The molecule has 1 atom stereocenters. The second kappa shape index (κ2) is 9.00. The molecule has 32 heavy (non-hydrogen) atoms. The van der Waals surface area contributed by atoms with Gasteiger partial charge in [-0.3, -0.25) is 9.80 Å². The maximum Gasteiger partial charge on any atom is 0.165 e. The zero-order valence-electron chi connectivity index (χ0n) is 18.4. The van der Waals surface area contributed by atoms with Crippen molar-refractivity contribution >= 4 is 22.9 Å². The van der Waals surface area contributed by atoms with Gasteiger partial charge in [-0.2, -0.15) is 0 Å². The maximum atomic E-state index is 10.8. The van der Waals surface area contributed by atoms with Crippen molar-refractivity contribution in [1.29, 1.82) is 0 Å². The van der Waals surface area contributed by atoms with Gasteiger partial charge in [0.05, 0.1) is 16.8 Å². The largest absolute Gasteiger partial charge is 0.393 e. The highest BCUT2D eigenvalue weighted by molar-refractivity contribution is 6.33. The van der Waals surface area contributed by atoms with Crippen molar-refractivity contribution in [3.05, 3.63) is 53.3 Å². The molecular formula is C24H30ClN5O2. The summed E-state index contributed by atoms with van der Waals surface area (Å²) in [4.78, 5) is 11.3. The molecule has 0 bridgehead atoms. The van der Waals surface area contributed by atoms with E-state index >= 15 is 0 Å². The minimum Gasteiger partial charge on any atom is -0.393 e. The van der Waals surface area contributed by atoms with Gasteiger partial charge in [0.15, 0.2) is 6.35 Å². The molecule has 3 aromatic rings. The number of halogens is 1. The highest BCUT2D eigenvalue weighted by atomic mass is 35.5. The Morgan fingerprint density at radius 1 is 1.00 bits per heavy atom. The first-order valence-corrected chi connectivity index (χ1v) is 11.7. The van der Waals surface area contributed by atoms with Crippen LogP contribution in [0.4, 0.5) is 5.69 Å². The Kier molecular flexibility index (Phi) is 6.09. The van der Waals surface area contributed by atoms with Gasteiger partial charge in [0.1, 0.15) is 5.65 Å². The lowest BCUT2D eigenvalue weighted by molar-refractivity contribution is -0.128. The van der Waals surface area contributed by atoms with Crippen LogP contribution in [0.5, 0.6) is 0 Å². The quantitative estimate of drug-likeness (QED) is 0.630. The molecule has 2 aliphatic heterocycles. The van der Waals surface area contributed by atoms with E-state index < -0.39 is 6.35 Å². The van der Waals surface area contributed by atoms with Crippen molar-refractivity contribution in [2.45, 2.75) is 32.2 Å². The van der Waals surface area contributed by atoms with Crippen LogP contribution in [0.3, 0.4) is 0 Å². The van der Waals surface area contributed by atoms with Crippen molar-refractivity contribution in [2.75, 3.05) is 44.2 Å². The van der Waals surface area contributed by atoms with Gasteiger partial charge >= 0.3 is 0 Å². The van der Waals surface area contributed by atoms with E-state index in [1.165, 1.54) is 0 Å². The summed E-state index contributed by atoms with van der Waals surface area (Å²) in [7, 11) is 0. The van der Waals surface area contributed by atoms with Crippen LogP contribution in [0.1, 0.15) is 18.5 Å². The topological polar surface area (TPSA) is 67.5 Å². The summed E-state index contributed by atoms with van der Waals surface area (Å²) < 4.78 is 2.08. The van der Waals surface area contributed by atoms with Gasteiger partial charge in [-0.05, 0) is 50.1 Å². The number of piperidine rings is 1. The van der Waals surface area contributed by atoms with Gasteiger partial charge in [0.2, 0.25) is 0 Å². The highest BCUT2D eigenvalue weighted by Gasteiger charge is 2.29. The van der Waals surface area contributed by atoms with E-state index in [4.69, 9.17) is 16.6 Å². The predicted molar refractivity (Wildman–Crippen MR) is 127 cm³/mol. The molecule has 0 saturated carbocycles. The lowest BCUT2D eigenvalue weighted by Gasteiger charge is -2.43. The number of imidazole rings is 1. The van der Waals surface area contributed by atoms with Gasteiger partial charge in [0, 0.05) is 62.4 Å². The molecule has 8 heteroatoms. The zero-order valence-corrected chi connectivity index (χ0v) is 19.1. The normalized spacial score (nSPS) is 20.2. The minimum atomic E-state index is -0.578. The molecule has 4 heterocycles. The third-order valence-corrected chi connectivity index (χ3v) is 7.14. The van der Waals surface area contributed by atoms with Crippen LogP contribution in [0.25, 0.3) is 16.9 Å². The van der Waals surface area contributed by atoms with Crippen molar-refractivity contribution < 1.29 is 10.2 Å². The fourth-order valence-electron chi connectivity index (χ4n) is 4.82. The Morgan fingerprint density at radius 3 is 2.44 bits per heavy atom. The smallest absolute Gasteiger partial charge is 0.165 e. The van der Waals surface area contributed by atoms with Gasteiger partial charge in [-0.25, -0.2) is 4.98 Å². The predicted octanol–water partition coefficient (Wildman–Crippen LogP) is 2.82. The van der Waals surface area contributed by atoms with Crippen molar-refractivity contribution in [1.82, 2.24) is 19.2 Å². The molecule has 0 radical (unpaired) electrons. The first-order valence-electron chi connectivity index (χ1n) is 11.3. The number of hydrogen-bond acceptors (Lipinski definition) is 6. The number of nitrogens with zero attached hydrogens (tertiary/aromatic N) is 5. The number of anilines is 1. The highest BCUT2D eigenvalue weighted by Crippen LogP contribution is 2.34. The summed E-state index contributed by atoms with van der Waals surface area (Å²) in [5.74, 6) is 0. The van der Waals surface area contributed by atoms with E-state index in [1.807, 2.05) is 30.5 Å². The molecule has 0 amide bonds. The molecular weight excluding hydrogens is 426 g/mol. The number of aryl methyl sites for hydroxylation is 1. The Balaban J connectivity index is 1.31. The second-order valence-electron chi connectivity index (χ2n) is 8.78. The lowest BCUT2D eigenvalue weighted by Crippen LogP contribution is -2.57. The maximum absolute atomic E-state index is 10.8. The van der Waals surface area contributed by atoms with Crippen LogP contribution in [-0.2, 0) is 0 Å². The minimum absolute atomic E-state index is 0.231. The fraction of sp³-hybridized carbons (Fsp3) is 0.458. The molecule has 2 aromatic heterocycles. The number of aromatic nitrogens is 2. The number of fused-ring (bicyclic) bond motifs is 1. The van der Waals surface area contributed by atoms with Gasteiger partial charge < -0.3 is 19.5 Å². The number of pyridine rings is 1. The van der Waals surface area contributed by atoms with Crippen LogP contribution in [0.2, 0.25) is 5.02 Å². The number of hydrogen-bond donors (Lipinski definition) is 2. The third-order valence-electron chi connectivity index (χ3n) is 6.81. The van der Waals surface area contributed by atoms with Gasteiger partial charge in [-0.1, -0.05) is 17.7 Å². The van der Waals surface area contributed by atoms with Crippen molar-refractivity contribution in [3.63, 3.8) is 0 Å². The summed E-state index contributed by atoms with van der Waals surface area (Å²) in [6.45, 7) is 6.77. The number of rotatable bonds is 4. The molecule has 2 aliphatic rings. The fourth-order valence-corrected chi connectivity index (χ4v) is 5.03. The average molecular weight is 456 g/mol. The van der Waals surface area contributed by atoms with Crippen LogP contribution >= 0.6 is 11.6 Å². The average Bonchev–Trinajstić information content (AvgIpc) is 3.16. The Hall–Kier alpha value is -2.16. The van der Waals surface area contributed by atoms with Crippen LogP contribution in [-0.4, -0.2) is 81.1 Å². The summed E-state index contributed by atoms with van der Waals surface area (Å²) in [5.41, 5.74) is 4.95. The Bertz CT molecular complexity index is 1090. The van der Waals surface area contributed by atoms with E-state index in [9.17, 15) is 10.2 Å². The van der Waals surface area contributed by atoms with E-state index in [0.717, 1.165) is 80.4 Å². The molecule has 2 N–H and O–H groups in total. The van der Waals surface area contributed by atoms with E-state index in [2.05, 4.69) is 38.2 Å². The zero-order chi connectivity index (χ0) is 22.2. The van der Waals surface area contributed by atoms with Gasteiger partial charge in [-0.15, -0.1) is 0 Å². The summed E-state index contributed by atoms with van der Waals surface area (Å²) in [6, 6.07) is 12.1. The molecule has 0 aliphatic carbocycles. The third kappa shape index (κ3) is 4.11. The Morgan fingerprint density at radius 2 is 1.72 bits per heavy atom. The molecule has 2 fully saturated rings.